The number of hydrogen-bond acceptors (Lipinski definition) is 3. The van der Waals surface area contributed by atoms with E-state index in [-0.39, 0.29) is 18.3 Å². The lowest BCUT2D eigenvalue weighted by Gasteiger charge is -2.31. The van der Waals surface area contributed by atoms with Gasteiger partial charge < -0.3 is 5.32 Å². The van der Waals surface area contributed by atoms with E-state index >= 15 is 0 Å². The van der Waals surface area contributed by atoms with Crippen molar-refractivity contribution < 1.29 is 22.0 Å². The van der Waals surface area contributed by atoms with Gasteiger partial charge in [-0.1, -0.05) is 19.3 Å². The van der Waals surface area contributed by atoms with E-state index in [1.807, 2.05) is 0 Å². The van der Waals surface area contributed by atoms with Crippen molar-refractivity contribution in [2.24, 2.45) is 0 Å². The summed E-state index contributed by atoms with van der Waals surface area (Å²) in [7, 11) is -3.53. The molecule has 2 rings (SSSR count). The quantitative estimate of drug-likeness (QED) is 0.891. The van der Waals surface area contributed by atoms with Crippen molar-refractivity contribution in [3.8, 4) is 0 Å². The van der Waals surface area contributed by atoms with E-state index in [2.05, 4.69) is 5.32 Å². The van der Waals surface area contributed by atoms with E-state index in [1.165, 1.54) is 10.4 Å². The Labute approximate surface area is 134 Å². The normalized spacial score (nSPS) is 16.5. The van der Waals surface area contributed by atoms with Crippen molar-refractivity contribution in [3.05, 3.63) is 29.8 Å². The maximum atomic E-state index is 13.1. The Morgan fingerprint density at radius 2 is 1.87 bits per heavy atom. The van der Waals surface area contributed by atoms with Gasteiger partial charge in [-0.3, -0.25) is 4.79 Å². The molecular formula is C15H20F2N2O3S. The Morgan fingerprint density at radius 3 is 2.43 bits per heavy atom. The second-order valence-corrected chi connectivity index (χ2v) is 7.71. The third-order valence-corrected chi connectivity index (χ3v) is 5.19. The van der Waals surface area contributed by atoms with E-state index in [0.717, 1.165) is 50.5 Å². The van der Waals surface area contributed by atoms with Gasteiger partial charge in [0.05, 0.1) is 12.8 Å². The molecule has 1 aromatic rings. The molecule has 0 atom stereocenters. The summed E-state index contributed by atoms with van der Waals surface area (Å²) in [6.07, 6.45) is 5.46. The smallest absolute Gasteiger partial charge is 0.239 e. The van der Waals surface area contributed by atoms with Crippen LogP contribution in [-0.2, 0) is 14.8 Å². The SMILES string of the molecule is CS(=O)(=O)N(CC(=O)Nc1ccc(F)c(F)c1)C1CCCCC1. The fraction of sp³-hybridized carbons (Fsp3) is 0.533. The molecule has 0 aliphatic heterocycles. The molecule has 0 unspecified atom stereocenters. The minimum atomic E-state index is -3.53. The zero-order valence-electron chi connectivity index (χ0n) is 12.9. The van der Waals surface area contributed by atoms with Gasteiger partial charge in [-0.2, -0.15) is 4.31 Å². The monoisotopic (exact) mass is 346 g/mol. The van der Waals surface area contributed by atoms with E-state index in [9.17, 15) is 22.0 Å². The molecule has 1 aromatic carbocycles. The highest BCUT2D eigenvalue weighted by atomic mass is 32.2. The third-order valence-electron chi connectivity index (χ3n) is 3.91. The molecule has 128 valence electrons. The van der Waals surface area contributed by atoms with Crippen molar-refractivity contribution in [2.45, 2.75) is 38.1 Å². The summed E-state index contributed by atoms with van der Waals surface area (Å²) in [6, 6.07) is 2.80. The fourth-order valence-electron chi connectivity index (χ4n) is 2.80. The zero-order chi connectivity index (χ0) is 17.0. The Morgan fingerprint density at radius 1 is 1.22 bits per heavy atom. The second-order valence-electron chi connectivity index (χ2n) is 5.78. The number of amides is 1. The lowest BCUT2D eigenvalue weighted by atomic mass is 9.95. The number of carbonyl (C=O) groups is 1. The molecule has 0 radical (unpaired) electrons. The molecule has 1 saturated carbocycles. The van der Waals surface area contributed by atoms with E-state index in [0.29, 0.717) is 0 Å². The molecule has 0 aromatic heterocycles. The van der Waals surface area contributed by atoms with Crippen LogP contribution in [0.15, 0.2) is 18.2 Å². The fourth-order valence-corrected chi connectivity index (χ4v) is 3.91. The summed E-state index contributed by atoms with van der Waals surface area (Å²) in [5.41, 5.74) is 0.0889. The highest BCUT2D eigenvalue weighted by molar-refractivity contribution is 7.88. The third kappa shape index (κ3) is 4.97. The Hall–Kier alpha value is -1.54. The number of halogens is 2. The summed E-state index contributed by atoms with van der Waals surface area (Å²) in [6.45, 7) is -0.331. The molecule has 0 bridgehead atoms. The molecular weight excluding hydrogens is 326 g/mol. The van der Waals surface area contributed by atoms with Crippen LogP contribution in [-0.4, -0.2) is 37.5 Å². The second kappa shape index (κ2) is 7.35. The highest BCUT2D eigenvalue weighted by Crippen LogP contribution is 2.24. The predicted octanol–water partition coefficient (Wildman–Crippen LogP) is 2.50. The molecule has 0 heterocycles. The first-order valence-electron chi connectivity index (χ1n) is 7.49. The lowest BCUT2D eigenvalue weighted by Crippen LogP contribution is -2.45. The lowest BCUT2D eigenvalue weighted by molar-refractivity contribution is -0.116. The summed E-state index contributed by atoms with van der Waals surface area (Å²) in [5, 5.41) is 2.40. The van der Waals surface area contributed by atoms with Crippen LogP contribution in [0.3, 0.4) is 0 Å². The molecule has 8 heteroatoms. The van der Waals surface area contributed by atoms with E-state index in [4.69, 9.17) is 0 Å². The van der Waals surface area contributed by atoms with Gasteiger partial charge in [0, 0.05) is 17.8 Å². The van der Waals surface area contributed by atoms with Gasteiger partial charge in [-0.25, -0.2) is 17.2 Å². The molecule has 5 nitrogen and oxygen atoms in total. The van der Waals surface area contributed by atoms with Crippen LogP contribution in [0.4, 0.5) is 14.5 Å². The van der Waals surface area contributed by atoms with E-state index in [1.54, 1.807) is 0 Å². The summed E-state index contributed by atoms with van der Waals surface area (Å²) in [5.74, 6) is -2.66. The molecule has 1 aliphatic rings. The maximum absolute atomic E-state index is 13.1. The summed E-state index contributed by atoms with van der Waals surface area (Å²) in [4.78, 5) is 12.1. The average Bonchev–Trinajstić information content (AvgIpc) is 2.48. The zero-order valence-corrected chi connectivity index (χ0v) is 13.7. The van der Waals surface area contributed by atoms with Crippen LogP contribution in [0.25, 0.3) is 0 Å². The van der Waals surface area contributed by atoms with Gasteiger partial charge in [0.1, 0.15) is 0 Å². The molecule has 23 heavy (non-hydrogen) atoms. The van der Waals surface area contributed by atoms with Gasteiger partial charge in [-0.15, -0.1) is 0 Å². The number of hydrogen-bond donors (Lipinski definition) is 1. The van der Waals surface area contributed by atoms with Crippen LogP contribution < -0.4 is 5.32 Å². The van der Waals surface area contributed by atoms with Crippen LogP contribution in [0.2, 0.25) is 0 Å². The Balaban J connectivity index is 2.06. The van der Waals surface area contributed by atoms with Crippen molar-refractivity contribution >= 4 is 21.6 Å². The van der Waals surface area contributed by atoms with E-state index < -0.39 is 27.6 Å². The molecule has 1 N–H and O–H groups in total. The first-order chi connectivity index (χ1) is 10.8. The standard InChI is InChI=1S/C15H20F2N2O3S/c1-23(21,22)19(12-5-3-2-4-6-12)10-15(20)18-11-7-8-13(16)14(17)9-11/h7-9,12H,2-6,10H2,1H3,(H,18,20). The number of nitrogens with one attached hydrogen (secondary N) is 1. The highest BCUT2D eigenvalue weighted by Gasteiger charge is 2.29. The predicted molar refractivity (Wildman–Crippen MR) is 83.4 cm³/mol. The van der Waals surface area contributed by atoms with Gasteiger partial charge in [0.25, 0.3) is 0 Å². The molecule has 1 aliphatic carbocycles. The minimum absolute atomic E-state index is 0.0889. The maximum Gasteiger partial charge on any atom is 0.239 e. The number of rotatable bonds is 5. The number of benzene rings is 1. The Kier molecular flexibility index (Phi) is 5.69. The van der Waals surface area contributed by atoms with Crippen molar-refractivity contribution in [1.82, 2.24) is 4.31 Å². The minimum Gasteiger partial charge on any atom is -0.325 e. The topological polar surface area (TPSA) is 66.5 Å². The molecule has 1 fully saturated rings. The van der Waals surface area contributed by atoms with Crippen LogP contribution in [0.5, 0.6) is 0 Å². The number of nitrogens with zero attached hydrogens (tertiary/aromatic N) is 1. The average molecular weight is 346 g/mol. The van der Waals surface area contributed by atoms with Crippen molar-refractivity contribution in [1.29, 1.82) is 0 Å². The molecule has 0 saturated heterocycles. The van der Waals surface area contributed by atoms with Gasteiger partial charge >= 0.3 is 0 Å². The van der Waals surface area contributed by atoms with Crippen LogP contribution in [0, 0.1) is 11.6 Å². The number of sulfonamides is 1. The van der Waals surface area contributed by atoms with Gasteiger partial charge in [0.2, 0.25) is 15.9 Å². The molecule has 0 spiro atoms. The van der Waals surface area contributed by atoms with Crippen LogP contribution in [0.1, 0.15) is 32.1 Å². The summed E-state index contributed by atoms with van der Waals surface area (Å²) >= 11 is 0. The van der Waals surface area contributed by atoms with Gasteiger partial charge in [0.15, 0.2) is 11.6 Å². The number of carbonyl (C=O) groups excluding carboxylic acids is 1. The first kappa shape index (κ1) is 17.8. The van der Waals surface area contributed by atoms with Crippen molar-refractivity contribution in [3.63, 3.8) is 0 Å². The molecule has 1 amide bonds. The Bertz CT molecular complexity index is 673. The number of anilines is 1. The van der Waals surface area contributed by atoms with Crippen LogP contribution >= 0.6 is 0 Å². The van der Waals surface area contributed by atoms with Gasteiger partial charge in [-0.05, 0) is 25.0 Å². The first-order valence-corrected chi connectivity index (χ1v) is 9.34. The largest absolute Gasteiger partial charge is 0.325 e. The van der Waals surface area contributed by atoms with Crippen molar-refractivity contribution in [2.75, 3.05) is 18.1 Å². The summed E-state index contributed by atoms with van der Waals surface area (Å²) < 4.78 is 51.1.